The molecule has 0 unspecified atom stereocenters. The number of benzene rings is 12. The van der Waals surface area contributed by atoms with E-state index in [0.717, 1.165) is 118 Å². The first kappa shape index (κ1) is 53.1. The van der Waals surface area contributed by atoms with Gasteiger partial charge in [0.2, 0.25) is 0 Å². The first-order valence-electron chi connectivity index (χ1n) is 30.7. The molecule has 8 nitrogen and oxygen atoms in total. The van der Waals surface area contributed by atoms with Gasteiger partial charge < -0.3 is 28.6 Å². The molecule has 3 aromatic heterocycles. The number of rotatable bonds is 9. The summed E-state index contributed by atoms with van der Waals surface area (Å²) in [5.74, 6) is 1.12. The van der Waals surface area contributed by atoms with Gasteiger partial charge in [-0.2, -0.15) is 12.1 Å². The summed E-state index contributed by atoms with van der Waals surface area (Å²) in [4.78, 5) is 12.8. The summed E-state index contributed by atoms with van der Waals surface area (Å²) in [6, 6.07) is 106. The van der Waals surface area contributed by atoms with Crippen molar-refractivity contribution >= 4 is 107 Å². The molecule has 432 valence electrons. The zero-order valence-corrected chi connectivity index (χ0v) is 51.8. The average molecular weight is 1350 g/mol. The van der Waals surface area contributed by atoms with E-state index in [-0.39, 0.29) is 33.2 Å². The van der Waals surface area contributed by atoms with Crippen molar-refractivity contribution in [3.05, 3.63) is 309 Å². The van der Waals surface area contributed by atoms with Gasteiger partial charge in [-0.15, -0.1) is 35.9 Å². The van der Waals surface area contributed by atoms with Crippen molar-refractivity contribution < 1.29 is 30.4 Å². The normalized spacial score (nSPS) is 13.5. The second-order valence-corrected chi connectivity index (χ2v) is 24.2. The quantitative estimate of drug-likeness (QED) is 0.0819. The van der Waals surface area contributed by atoms with Gasteiger partial charge in [0.25, 0.3) is 13.0 Å². The summed E-state index contributed by atoms with van der Waals surface area (Å²) in [6.45, 7) is 4.53. The van der Waals surface area contributed by atoms with Crippen LogP contribution in [0.3, 0.4) is 0 Å². The van der Waals surface area contributed by atoms with Crippen LogP contribution in [0.2, 0.25) is 0 Å². The van der Waals surface area contributed by atoms with Crippen molar-refractivity contribution in [2.75, 3.05) is 14.7 Å². The second kappa shape index (κ2) is 20.3. The van der Waals surface area contributed by atoms with Crippen molar-refractivity contribution in [1.82, 2.24) is 14.1 Å². The smallest absolute Gasteiger partial charge is 0.268 e. The molecule has 12 aromatic carbocycles. The number of aromatic nitrogens is 4. The van der Waals surface area contributed by atoms with Crippen LogP contribution in [0.1, 0.15) is 25.0 Å². The molecule has 91 heavy (non-hydrogen) atoms. The Kier molecular flexibility index (Phi) is 11.8. The molecule has 4 aliphatic rings. The van der Waals surface area contributed by atoms with E-state index >= 15 is 0 Å². The van der Waals surface area contributed by atoms with Gasteiger partial charge in [-0.1, -0.05) is 183 Å². The Morgan fingerprint density at radius 2 is 1.01 bits per heavy atom. The molecule has 15 aromatic rings. The van der Waals surface area contributed by atoms with Gasteiger partial charge in [-0.3, -0.25) is 4.57 Å². The van der Waals surface area contributed by atoms with E-state index in [1.165, 1.54) is 33.3 Å². The van der Waals surface area contributed by atoms with Crippen LogP contribution < -0.4 is 40.4 Å². The van der Waals surface area contributed by atoms with Crippen LogP contribution in [0.4, 0.5) is 51.2 Å². The fourth-order valence-electron chi connectivity index (χ4n) is 15.3. The van der Waals surface area contributed by atoms with E-state index in [9.17, 15) is 0 Å². The molecule has 4 aliphatic heterocycles. The zero-order chi connectivity index (χ0) is 59.3. The Morgan fingerprint density at radius 1 is 0.473 bits per heavy atom. The molecular formula is C81H52BN7OPt-2. The van der Waals surface area contributed by atoms with Gasteiger partial charge in [-0.05, 0) is 134 Å². The SMILES string of the molecule is CC1(C)c2ccc(Oc3[c-]c(-n4c5cc6c7c(c5c5cccnc54)N(c4ccccc4)c4cccc5c4B7c4c(cccc4N6c4ccccc4)N5c4ccccc4)ccc3)[c-]c2-n2[c-][n+](-c3c(-c4ccccc4)cccc3-c3ccccc3)c3cccc1c32.[Pt]. The molecule has 0 spiro atoms. The van der Waals surface area contributed by atoms with Crippen molar-refractivity contribution in [2.24, 2.45) is 0 Å². The van der Waals surface area contributed by atoms with E-state index in [1.54, 1.807) is 0 Å². The Balaban J connectivity index is 0.00000614. The Labute approximate surface area is 541 Å². The van der Waals surface area contributed by atoms with Gasteiger partial charge in [0.15, 0.2) is 0 Å². The Hall–Kier alpha value is -11.0. The fourth-order valence-corrected chi connectivity index (χ4v) is 15.3. The number of pyridine rings is 1. The number of hydrogen-bond acceptors (Lipinski definition) is 5. The maximum atomic E-state index is 7.05. The number of nitrogens with zero attached hydrogens (tertiary/aromatic N) is 7. The third-order valence-electron chi connectivity index (χ3n) is 19.1. The average Bonchev–Trinajstić information content (AvgIpc) is 1.60. The first-order chi connectivity index (χ1) is 44.5. The number of fused-ring (bicyclic) bond motifs is 6. The van der Waals surface area contributed by atoms with Crippen molar-refractivity contribution in [3.63, 3.8) is 0 Å². The van der Waals surface area contributed by atoms with Crippen LogP contribution >= 0.6 is 0 Å². The van der Waals surface area contributed by atoms with E-state index in [2.05, 4.69) is 322 Å². The molecule has 0 saturated carbocycles. The standard InChI is InChI=1S/C81H52BN7O.Pt/c1-81(2)63-46-45-59(49-70(63)85-51-84(69-44-20-39-64(81)78(69)85)77-60(52-24-8-3-9-25-52)36-19-37-61(77)53-26-10-4-11-27-53)90-58-35-18-34-57(48-58)89-71-50-72-76-79(73(71)62-38-23-47-83-80(62)89)88(56-32-16-7-17-33-56)68-43-22-41-66-75(68)82(76)74-65(86(66)54-28-12-5-13-29-54)40-21-42-67(74)87(72)55-30-14-6-15-31-55;/h3-47,50H,1-2H3;/q-2;. The van der Waals surface area contributed by atoms with E-state index < -0.39 is 0 Å². The Morgan fingerprint density at radius 3 is 1.64 bits per heavy atom. The molecule has 0 atom stereocenters. The molecule has 0 bridgehead atoms. The summed E-state index contributed by atoms with van der Waals surface area (Å²) in [5, 5.41) is 2.15. The molecule has 0 fully saturated rings. The van der Waals surface area contributed by atoms with E-state index in [4.69, 9.17) is 9.72 Å². The van der Waals surface area contributed by atoms with Crippen LogP contribution in [-0.4, -0.2) is 20.8 Å². The minimum Gasteiger partial charge on any atom is -0.510 e. The van der Waals surface area contributed by atoms with E-state index in [0.29, 0.717) is 11.5 Å². The van der Waals surface area contributed by atoms with Crippen molar-refractivity contribution in [2.45, 2.75) is 19.3 Å². The molecule has 0 amide bonds. The zero-order valence-electron chi connectivity index (χ0n) is 49.5. The van der Waals surface area contributed by atoms with Crippen LogP contribution in [0.15, 0.2) is 279 Å². The molecule has 0 aliphatic carbocycles. The maximum absolute atomic E-state index is 7.05. The first-order valence-corrected chi connectivity index (χ1v) is 30.7. The predicted molar refractivity (Wildman–Crippen MR) is 365 cm³/mol. The topological polar surface area (TPSA) is 45.6 Å². The Bertz CT molecular complexity index is 5380. The maximum Gasteiger partial charge on any atom is 0.268 e. The summed E-state index contributed by atoms with van der Waals surface area (Å²) in [5.41, 5.74) is 27.1. The molecule has 10 heteroatoms. The van der Waals surface area contributed by atoms with E-state index in [1.807, 2.05) is 18.3 Å². The van der Waals surface area contributed by atoms with Crippen molar-refractivity contribution in [1.29, 1.82) is 0 Å². The van der Waals surface area contributed by atoms with Gasteiger partial charge in [0, 0.05) is 95.0 Å². The van der Waals surface area contributed by atoms with Gasteiger partial charge in [0.1, 0.15) is 5.65 Å². The number of anilines is 9. The van der Waals surface area contributed by atoms with Crippen LogP contribution in [0, 0.1) is 18.5 Å². The summed E-state index contributed by atoms with van der Waals surface area (Å²) in [6.07, 6.45) is 5.83. The van der Waals surface area contributed by atoms with Crippen molar-refractivity contribution in [3.8, 4) is 50.8 Å². The number of imidazole rings is 1. The third kappa shape index (κ3) is 7.68. The second-order valence-electron chi connectivity index (χ2n) is 24.2. The summed E-state index contributed by atoms with van der Waals surface area (Å²) >= 11 is 0. The molecule has 0 N–H and O–H groups in total. The summed E-state index contributed by atoms with van der Waals surface area (Å²) in [7, 11) is 0. The largest absolute Gasteiger partial charge is 0.510 e. The minimum absolute atomic E-state index is 0. The minimum atomic E-state index is -0.375. The van der Waals surface area contributed by atoms with Crippen LogP contribution in [-0.2, 0) is 26.5 Å². The molecule has 0 radical (unpaired) electrons. The molecular weight excluding hydrogens is 1290 g/mol. The van der Waals surface area contributed by atoms with Gasteiger partial charge >= 0.3 is 0 Å². The number of para-hydroxylation sites is 5. The van der Waals surface area contributed by atoms with Gasteiger partial charge in [0.05, 0.1) is 27.9 Å². The molecule has 19 rings (SSSR count). The van der Waals surface area contributed by atoms with Crippen LogP contribution in [0.25, 0.3) is 72.3 Å². The monoisotopic (exact) mass is 1340 g/mol. The van der Waals surface area contributed by atoms with Gasteiger partial charge in [-0.25, -0.2) is 4.98 Å². The number of ether oxygens (including phenoxy) is 1. The van der Waals surface area contributed by atoms with Crippen LogP contribution in [0.5, 0.6) is 11.5 Å². The number of hydrogen-bond donors (Lipinski definition) is 0. The molecule has 0 saturated heterocycles. The third-order valence-corrected chi connectivity index (χ3v) is 19.1. The summed E-state index contributed by atoms with van der Waals surface area (Å²) < 4.78 is 13.8. The predicted octanol–water partition coefficient (Wildman–Crippen LogP) is 17.4. The fraction of sp³-hybridized carbons (Fsp3) is 0.0370. The molecule has 7 heterocycles.